The molecule has 0 fully saturated rings. The van der Waals surface area contributed by atoms with Crippen LogP contribution in [0, 0.1) is 0 Å². The van der Waals surface area contributed by atoms with E-state index in [0.717, 1.165) is 5.56 Å². The number of ether oxygens (including phenoxy) is 2. The van der Waals surface area contributed by atoms with Crippen molar-refractivity contribution in [2.24, 2.45) is 0 Å². The van der Waals surface area contributed by atoms with Gasteiger partial charge < -0.3 is 19.9 Å². The Morgan fingerprint density at radius 1 is 1.09 bits per heavy atom. The molecule has 0 aromatic heterocycles. The lowest BCUT2D eigenvalue weighted by Crippen LogP contribution is -2.07. The zero-order valence-corrected chi connectivity index (χ0v) is 12.4. The molecule has 0 saturated carbocycles. The summed E-state index contributed by atoms with van der Waals surface area (Å²) in [5, 5.41) is 11.9. The van der Waals surface area contributed by atoms with Crippen LogP contribution in [0.3, 0.4) is 0 Å². The lowest BCUT2D eigenvalue weighted by Gasteiger charge is -2.07. The van der Waals surface area contributed by atoms with E-state index in [2.05, 4.69) is 5.32 Å². The summed E-state index contributed by atoms with van der Waals surface area (Å²) in [4.78, 5) is 11.9. The van der Waals surface area contributed by atoms with Crippen LogP contribution >= 0.6 is 0 Å². The van der Waals surface area contributed by atoms with Gasteiger partial charge in [0.2, 0.25) is 5.91 Å². The van der Waals surface area contributed by atoms with E-state index in [4.69, 9.17) is 9.47 Å². The van der Waals surface area contributed by atoms with Crippen LogP contribution in [0.25, 0.3) is 6.08 Å². The Hall–Kier alpha value is -2.95. The van der Waals surface area contributed by atoms with Crippen LogP contribution < -0.4 is 14.8 Å². The molecule has 0 atom stereocenters. The van der Waals surface area contributed by atoms with Crippen LogP contribution in [0.1, 0.15) is 5.56 Å². The zero-order chi connectivity index (χ0) is 15.9. The van der Waals surface area contributed by atoms with Crippen LogP contribution in [-0.2, 0) is 4.79 Å². The number of anilines is 1. The Bertz CT molecular complexity index is 678. The molecule has 5 nitrogen and oxygen atoms in total. The number of amides is 1. The van der Waals surface area contributed by atoms with Gasteiger partial charge in [-0.15, -0.1) is 0 Å². The molecule has 2 aromatic carbocycles. The first kappa shape index (κ1) is 15.4. The highest BCUT2D eigenvalue weighted by Gasteiger charge is 2.03. The van der Waals surface area contributed by atoms with E-state index >= 15 is 0 Å². The van der Waals surface area contributed by atoms with E-state index in [1.165, 1.54) is 18.2 Å². The van der Waals surface area contributed by atoms with Crippen molar-refractivity contribution in [3.8, 4) is 17.2 Å². The highest BCUT2D eigenvalue weighted by molar-refractivity contribution is 6.02. The molecular weight excluding hydrogens is 282 g/mol. The van der Waals surface area contributed by atoms with Crippen molar-refractivity contribution in [2.45, 2.75) is 0 Å². The minimum atomic E-state index is -0.282. The van der Waals surface area contributed by atoms with Crippen LogP contribution in [0.2, 0.25) is 0 Å². The Balaban J connectivity index is 2.10. The molecule has 0 spiro atoms. The molecule has 2 aromatic rings. The molecule has 0 saturated heterocycles. The second kappa shape index (κ2) is 7.17. The summed E-state index contributed by atoms with van der Waals surface area (Å²) in [6, 6.07) is 11.6. The molecule has 0 aliphatic heterocycles. The number of hydrogen-bond acceptors (Lipinski definition) is 4. The fraction of sp³-hybridized carbons (Fsp3) is 0.118. The van der Waals surface area contributed by atoms with Crippen molar-refractivity contribution in [1.82, 2.24) is 0 Å². The summed E-state index contributed by atoms with van der Waals surface area (Å²) in [5.74, 6) is 1.19. The molecule has 0 aliphatic carbocycles. The number of methoxy groups -OCH3 is 2. The SMILES string of the molecule is COc1ccc(OC)c(/C=C/C(=O)Nc2ccc(O)cc2)c1. The predicted octanol–water partition coefficient (Wildman–Crippen LogP) is 3.06. The van der Waals surface area contributed by atoms with Gasteiger partial charge in [0.05, 0.1) is 14.2 Å². The number of hydrogen-bond donors (Lipinski definition) is 2. The van der Waals surface area contributed by atoms with Crippen LogP contribution in [-0.4, -0.2) is 25.2 Å². The van der Waals surface area contributed by atoms with Crippen LogP contribution in [0.5, 0.6) is 17.2 Å². The van der Waals surface area contributed by atoms with E-state index in [9.17, 15) is 9.90 Å². The first-order valence-corrected chi connectivity index (χ1v) is 6.62. The number of aromatic hydroxyl groups is 1. The average molecular weight is 299 g/mol. The monoisotopic (exact) mass is 299 g/mol. The van der Waals surface area contributed by atoms with E-state index < -0.39 is 0 Å². The third-order valence-corrected chi connectivity index (χ3v) is 2.99. The van der Waals surface area contributed by atoms with Crippen molar-refractivity contribution in [1.29, 1.82) is 0 Å². The van der Waals surface area contributed by atoms with Crippen molar-refractivity contribution >= 4 is 17.7 Å². The van der Waals surface area contributed by atoms with Crippen molar-refractivity contribution in [3.05, 3.63) is 54.1 Å². The largest absolute Gasteiger partial charge is 0.508 e. The number of nitrogens with one attached hydrogen (secondary N) is 1. The highest BCUT2D eigenvalue weighted by Crippen LogP contribution is 2.25. The Labute approximate surface area is 128 Å². The molecule has 2 rings (SSSR count). The van der Waals surface area contributed by atoms with Gasteiger partial charge in [0.15, 0.2) is 0 Å². The molecule has 0 unspecified atom stereocenters. The fourth-order valence-electron chi connectivity index (χ4n) is 1.86. The fourth-order valence-corrected chi connectivity index (χ4v) is 1.86. The summed E-state index contributed by atoms with van der Waals surface area (Å²) in [6.45, 7) is 0. The average Bonchev–Trinajstić information content (AvgIpc) is 2.54. The Morgan fingerprint density at radius 3 is 2.45 bits per heavy atom. The Morgan fingerprint density at radius 2 is 1.82 bits per heavy atom. The second-order valence-electron chi connectivity index (χ2n) is 4.48. The van der Waals surface area contributed by atoms with Gasteiger partial charge in [-0.2, -0.15) is 0 Å². The summed E-state index contributed by atoms with van der Waals surface area (Å²) in [5.41, 5.74) is 1.34. The van der Waals surface area contributed by atoms with Crippen LogP contribution in [0.15, 0.2) is 48.5 Å². The number of carbonyl (C=O) groups excluding carboxylic acids is 1. The molecule has 0 bridgehead atoms. The maximum Gasteiger partial charge on any atom is 0.248 e. The normalized spacial score (nSPS) is 10.5. The van der Waals surface area contributed by atoms with Gasteiger partial charge in [0.1, 0.15) is 17.2 Å². The summed E-state index contributed by atoms with van der Waals surface area (Å²) in [7, 11) is 3.14. The lowest BCUT2D eigenvalue weighted by molar-refractivity contribution is -0.111. The number of carbonyl (C=O) groups is 1. The van der Waals surface area contributed by atoms with Gasteiger partial charge in [-0.3, -0.25) is 4.79 Å². The topological polar surface area (TPSA) is 67.8 Å². The van der Waals surface area contributed by atoms with Gasteiger partial charge in [0.25, 0.3) is 0 Å². The van der Waals surface area contributed by atoms with Crippen molar-refractivity contribution in [3.63, 3.8) is 0 Å². The van der Waals surface area contributed by atoms with Gasteiger partial charge in [-0.25, -0.2) is 0 Å². The van der Waals surface area contributed by atoms with Crippen molar-refractivity contribution in [2.75, 3.05) is 19.5 Å². The molecule has 0 heterocycles. The third-order valence-electron chi connectivity index (χ3n) is 2.99. The zero-order valence-electron chi connectivity index (χ0n) is 12.4. The van der Waals surface area contributed by atoms with Gasteiger partial charge in [-0.05, 0) is 48.5 Å². The van der Waals surface area contributed by atoms with Crippen LogP contribution in [0.4, 0.5) is 5.69 Å². The van der Waals surface area contributed by atoms with E-state index in [1.54, 1.807) is 50.6 Å². The smallest absolute Gasteiger partial charge is 0.248 e. The number of phenols is 1. The first-order valence-electron chi connectivity index (χ1n) is 6.62. The summed E-state index contributed by atoms with van der Waals surface area (Å²) in [6.07, 6.45) is 3.06. The minimum Gasteiger partial charge on any atom is -0.508 e. The Kier molecular flexibility index (Phi) is 5.03. The molecule has 1 amide bonds. The van der Waals surface area contributed by atoms with E-state index in [1.807, 2.05) is 0 Å². The highest BCUT2D eigenvalue weighted by atomic mass is 16.5. The number of rotatable bonds is 5. The maximum absolute atomic E-state index is 11.9. The lowest BCUT2D eigenvalue weighted by atomic mass is 10.1. The molecule has 0 aliphatic rings. The number of benzene rings is 2. The van der Waals surface area contributed by atoms with E-state index in [-0.39, 0.29) is 11.7 Å². The maximum atomic E-state index is 11.9. The molecule has 5 heteroatoms. The minimum absolute atomic E-state index is 0.148. The molecule has 22 heavy (non-hydrogen) atoms. The molecule has 0 radical (unpaired) electrons. The number of phenolic OH excluding ortho intramolecular Hbond substituents is 1. The summed E-state index contributed by atoms with van der Waals surface area (Å²) >= 11 is 0. The molecule has 2 N–H and O–H groups in total. The van der Waals surface area contributed by atoms with Gasteiger partial charge in [0, 0.05) is 17.3 Å². The molecule has 114 valence electrons. The predicted molar refractivity (Wildman–Crippen MR) is 85.3 cm³/mol. The van der Waals surface area contributed by atoms with Crippen molar-refractivity contribution < 1.29 is 19.4 Å². The van der Waals surface area contributed by atoms with Gasteiger partial charge >= 0.3 is 0 Å². The molecular formula is C17H17NO4. The summed E-state index contributed by atoms with van der Waals surface area (Å²) < 4.78 is 10.4. The second-order valence-corrected chi connectivity index (χ2v) is 4.48. The quantitative estimate of drug-likeness (QED) is 0.657. The first-order chi connectivity index (χ1) is 10.6. The standard InChI is InChI=1S/C17H17NO4/c1-21-15-8-9-16(22-2)12(11-15)3-10-17(20)18-13-4-6-14(19)7-5-13/h3-11,19H,1-2H3,(H,18,20)/b10-3+. The van der Waals surface area contributed by atoms with Gasteiger partial charge in [-0.1, -0.05) is 0 Å². The third kappa shape index (κ3) is 4.02. The van der Waals surface area contributed by atoms with E-state index in [0.29, 0.717) is 17.2 Å².